The Kier molecular flexibility index (Phi) is 5.13. The van der Waals surface area contributed by atoms with E-state index in [1.165, 1.54) is 18.4 Å². The van der Waals surface area contributed by atoms with Gasteiger partial charge in [-0.1, -0.05) is 47.5 Å². The fraction of sp³-hybridized carbons (Fsp3) is 0.0909. The average molecular weight is 346 g/mol. The van der Waals surface area contributed by atoms with Gasteiger partial charge in [0.25, 0.3) is 0 Å². The lowest BCUT2D eigenvalue weighted by atomic mass is 10.0. The molecule has 1 heterocycles. The van der Waals surface area contributed by atoms with Crippen LogP contribution in [0.3, 0.4) is 0 Å². The minimum absolute atomic E-state index is 0.0826. The van der Waals surface area contributed by atoms with Crippen molar-refractivity contribution in [2.45, 2.75) is 13.8 Å². The smallest absolute Gasteiger partial charge is 0.379 e. The number of ketones is 1. The van der Waals surface area contributed by atoms with Crippen molar-refractivity contribution < 1.29 is 18.7 Å². The van der Waals surface area contributed by atoms with Crippen LogP contribution in [0.1, 0.15) is 37.6 Å². The molecular formula is C22H18O4. The number of rotatable bonds is 5. The first-order valence-electron chi connectivity index (χ1n) is 8.18. The van der Waals surface area contributed by atoms with Crippen molar-refractivity contribution in [1.29, 1.82) is 0 Å². The second-order valence-electron chi connectivity index (χ2n) is 5.97. The maximum atomic E-state index is 12.6. The molecule has 0 radical (unpaired) electrons. The van der Waals surface area contributed by atoms with Crippen LogP contribution in [0, 0.1) is 13.8 Å². The van der Waals surface area contributed by atoms with E-state index in [4.69, 9.17) is 9.15 Å². The number of allylic oxidation sites excluding steroid dienone is 1. The Hall–Kier alpha value is -3.40. The van der Waals surface area contributed by atoms with Gasteiger partial charge in [-0.3, -0.25) is 4.79 Å². The van der Waals surface area contributed by atoms with Gasteiger partial charge in [0.05, 0.1) is 11.8 Å². The van der Waals surface area contributed by atoms with Gasteiger partial charge in [0, 0.05) is 0 Å². The molecule has 0 saturated heterocycles. The largest absolute Gasteiger partial charge is 0.457 e. The highest BCUT2D eigenvalue weighted by Crippen LogP contribution is 2.23. The van der Waals surface area contributed by atoms with Crippen LogP contribution in [-0.4, -0.2) is 11.8 Å². The van der Waals surface area contributed by atoms with E-state index in [2.05, 4.69) is 0 Å². The Labute approximate surface area is 151 Å². The van der Waals surface area contributed by atoms with Gasteiger partial charge in [-0.15, -0.1) is 0 Å². The molecule has 4 nitrogen and oxygen atoms in total. The first kappa shape index (κ1) is 17.4. The summed E-state index contributed by atoms with van der Waals surface area (Å²) in [6.07, 6.45) is 4.61. The standard InChI is InChI=1S/C22H18O4/c1-15-5-8-17(9-6-15)10-11-19(23)18-14-16(2)7-12-20(18)26-22(24)21-4-3-13-25-21/h3-14H,1-2H3/b11-10+. The minimum atomic E-state index is -0.643. The number of hydrogen-bond acceptors (Lipinski definition) is 4. The number of ether oxygens (including phenoxy) is 1. The van der Waals surface area contributed by atoms with Crippen molar-refractivity contribution in [2.75, 3.05) is 0 Å². The number of carbonyl (C=O) groups is 2. The molecule has 0 saturated carbocycles. The Morgan fingerprint density at radius 1 is 0.962 bits per heavy atom. The van der Waals surface area contributed by atoms with Gasteiger partial charge in [-0.05, 0) is 49.8 Å². The summed E-state index contributed by atoms with van der Waals surface area (Å²) < 4.78 is 10.4. The second kappa shape index (κ2) is 7.66. The van der Waals surface area contributed by atoms with Crippen LogP contribution >= 0.6 is 0 Å². The third kappa shape index (κ3) is 4.16. The average Bonchev–Trinajstić information content (AvgIpc) is 3.17. The van der Waals surface area contributed by atoms with Crippen LogP contribution in [0.15, 0.2) is 71.4 Å². The first-order valence-corrected chi connectivity index (χ1v) is 8.18. The summed E-state index contributed by atoms with van der Waals surface area (Å²) in [7, 11) is 0. The van der Waals surface area contributed by atoms with Crippen LogP contribution in [0.4, 0.5) is 0 Å². The summed E-state index contributed by atoms with van der Waals surface area (Å²) in [6.45, 7) is 3.88. The summed E-state index contributed by atoms with van der Waals surface area (Å²) >= 11 is 0. The van der Waals surface area contributed by atoms with Gasteiger partial charge in [0.15, 0.2) is 5.78 Å². The molecule has 0 bridgehead atoms. The molecule has 0 unspecified atom stereocenters. The number of aryl methyl sites for hydroxylation is 2. The van der Waals surface area contributed by atoms with Gasteiger partial charge < -0.3 is 9.15 Å². The maximum absolute atomic E-state index is 12.6. The highest BCUT2D eigenvalue weighted by atomic mass is 16.5. The summed E-state index contributed by atoms with van der Waals surface area (Å²) in [4.78, 5) is 24.7. The van der Waals surface area contributed by atoms with Gasteiger partial charge >= 0.3 is 5.97 Å². The third-order valence-electron chi connectivity index (χ3n) is 3.83. The molecule has 0 N–H and O–H groups in total. The summed E-state index contributed by atoms with van der Waals surface area (Å²) in [5, 5.41) is 0. The van der Waals surface area contributed by atoms with E-state index < -0.39 is 5.97 Å². The van der Waals surface area contributed by atoms with E-state index in [9.17, 15) is 9.59 Å². The number of benzene rings is 2. The Morgan fingerprint density at radius 3 is 2.38 bits per heavy atom. The molecule has 0 atom stereocenters. The van der Waals surface area contributed by atoms with Gasteiger partial charge in [0.1, 0.15) is 5.75 Å². The zero-order valence-corrected chi connectivity index (χ0v) is 14.6. The van der Waals surface area contributed by atoms with Crippen LogP contribution in [0.25, 0.3) is 6.08 Å². The molecular weight excluding hydrogens is 328 g/mol. The van der Waals surface area contributed by atoms with Crippen molar-refractivity contribution in [2.24, 2.45) is 0 Å². The fourth-order valence-electron chi connectivity index (χ4n) is 2.41. The highest BCUT2D eigenvalue weighted by Gasteiger charge is 2.17. The molecule has 0 fully saturated rings. The summed E-state index contributed by atoms with van der Waals surface area (Å²) in [6, 6.07) is 16.0. The van der Waals surface area contributed by atoms with Crippen molar-refractivity contribution >= 4 is 17.8 Å². The molecule has 3 rings (SSSR count). The van der Waals surface area contributed by atoms with Gasteiger partial charge in [-0.25, -0.2) is 4.79 Å². The SMILES string of the molecule is Cc1ccc(/C=C/C(=O)c2cc(C)ccc2OC(=O)c2ccco2)cc1. The van der Waals surface area contributed by atoms with E-state index in [0.29, 0.717) is 5.56 Å². The molecule has 0 aliphatic heterocycles. The number of furan rings is 1. The van der Waals surface area contributed by atoms with Crippen LogP contribution < -0.4 is 4.74 Å². The van der Waals surface area contributed by atoms with Crippen LogP contribution in [0.5, 0.6) is 5.75 Å². The lowest BCUT2D eigenvalue weighted by molar-refractivity contribution is 0.0699. The lowest BCUT2D eigenvalue weighted by Gasteiger charge is -2.08. The van der Waals surface area contributed by atoms with E-state index in [1.807, 2.05) is 38.1 Å². The fourth-order valence-corrected chi connectivity index (χ4v) is 2.41. The first-order chi connectivity index (χ1) is 12.5. The lowest BCUT2D eigenvalue weighted by Crippen LogP contribution is -2.10. The van der Waals surface area contributed by atoms with Crippen molar-refractivity contribution in [1.82, 2.24) is 0 Å². The Bertz CT molecular complexity index is 948. The number of hydrogen-bond donors (Lipinski definition) is 0. The van der Waals surface area contributed by atoms with E-state index in [0.717, 1.165) is 16.7 Å². The predicted octanol–water partition coefficient (Wildman–Crippen LogP) is 5.01. The van der Waals surface area contributed by atoms with Crippen molar-refractivity contribution in [3.8, 4) is 5.75 Å². The minimum Gasteiger partial charge on any atom is -0.457 e. The quantitative estimate of drug-likeness (QED) is 0.282. The normalized spacial score (nSPS) is 10.8. The molecule has 1 aromatic heterocycles. The van der Waals surface area contributed by atoms with Crippen LogP contribution in [0.2, 0.25) is 0 Å². The molecule has 2 aromatic carbocycles. The monoisotopic (exact) mass is 346 g/mol. The van der Waals surface area contributed by atoms with Crippen molar-refractivity contribution in [3.63, 3.8) is 0 Å². The summed E-state index contributed by atoms with van der Waals surface area (Å²) in [5.41, 5.74) is 3.30. The van der Waals surface area contributed by atoms with E-state index in [1.54, 1.807) is 30.3 Å². The second-order valence-corrected chi connectivity index (χ2v) is 5.97. The molecule has 26 heavy (non-hydrogen) atoms. The molecule has 3 aromatic rings. The molecule has 0 spiro atoms. The zero-order chi connectivity index (χ0) is 18.5. The molecule has 0 aliphatic carbocycles. The Morgan fingerprint density at radius 2 is 1.69 bits per heavy atom. The predicted molar refractivity (Wildman–Crippen MR) is 99.4 cm³/mol. The number of esters is 1. The molecule has 130 valence electrons. The topological polar surface area (TPSA) is 56.5 Å². The Balaban J connectivity index is 1.83. The number of carbonyl (C=O) groups excluding carboxylic acids is 2. The van der Waals surface area contributed by atoms with E-state index >= 15 is 0 Å². The molecule has 0 aliphatic rings. The van der Waals surface area contributed by atoms with E-state index in [-0.39, 0.29) is 17.3 Å². The zero-order valence-electron chi connectivity index (χ0n) is 14.6. The van der Waals surface area contributed by atoms with Gasteiger partial charge in [0.2, 0.25) is 5.76 Å². The molecule has 0 amide bonds. The van der Waals surface area contributed by atoms with Gasteiger partial charge in [-0.2, -0.15) is 0 Å². The maximum Gasteiger partial charge on any atom is 0.379 e. The summed E-state index contributed by atoms with van der Waals surface area (Å²) in [5.74, 6) is -0.596. The molecule has 4 heteroatoms. The highest BCUT2D eigenvalue weighted by molar-refractivity contribution is 6.09. The van der Waals surface area contributed by atoms with Crippen molar-refractivity contribution in [3.05, 3.63) is 95.0 Å². The van der Waals surface area contributed by atoms with Crippen LogP contribution in [-0.2, 0) is 0 Å². The third-order valence-corrected chi connectivity index (χ3v) is 3.83.